The summed E-state index contributed by atoms with van der Waals surface area (Å²) >= 11 is 0. The largest absolute Gasteiger partial charge is 0.444 e. The van der Waals surface area contributed by atoms with E-state index in [9.17, 15) is 14.4 Å². The van der Waals surface area contributed by atoms with Crippen molar-refractivity contribution in [2.75, 3.05) is 24.5 Å². The molecule has 10 heteroatoms. The Labute approximate surface area is 258 Å². The maximum atomic E-state index is 15.6. The number of carbonyl (C=O) groups is 3. The van der Waals surface area contributed by atoms with Crippen LogP contribution in [0.2, 0.25) is 0 Å². The number of amides is 3. The summed E-state index contributed by atoms with van der Waals surface area (Å²) in [7, 11) is 0. The van der Waals surface area contributed by atoms with Crippen LogP contribution in [0.5, 0.6) is 0 Å². The lowest BCUT2D eigenvalue weighted by atomic mass is 9.97. The van der Waals surface area contributed by atoms with Gasteiger partial charge < -0.3 is 20.7 Å². The second-order valence-electron chi connectivity index (χ2n) is 14.0. The van der Waals surface area contributed by atoms with Gasteiger partial charge in [-0.2, -0.15) is 0 Å². The molecule has 6 rings (SSSR count). The highest BCUT2D eigenvalue weighted by Crippen LogP contribution is 2.43. The minimum atomic E-state index is -1.11. The maximum Gasteiger partial charge on any atom is 0.411 e. The molecule has 3 aliphatic heterocycles. The Bertz CT molecular complexity index is 1400. The number of hydrogen-bond donors (Lipinski definition) is 2. The molecule has 4 aliphatic rings. The van der Waals surface area contributed by atoms with Crippen LogP contribution in [0.25, 0.3) is 0 Å². The summed E-state index contributed by atoms with van der Waals surface area (Å²) in [6.45, 7) is 9.11. The quantitative estimate of drug-likeness (QED) is 0.474. The highest BCUT2D eigenvalue weighted by atomic mass is 19.1. The topological polar surface area (TPSA) is 108 Å². The van der Waals surface area contributed by atoms with Crippen LogP contribution in [-0.4, -0.2) is 77.1 Å². The molecule has 9 nitrogen and oxygen atoms in total. The third-order valence-electron chi connectivity index (χ3n) is 9.78. The van der Waals surface area contributed by atoms with Gasteiger partial charge in [-0.15, -0.1) is 0 Å². The molecule has 2 aromatic rings. The smallest absolute Gasteiger partial charge is 0.411 e. The fraction of sp³-hybridized carbons (Fsp3) is 0.559. The van der Waals surface area contributed by atoms with Crippen molar-refractivity contribution < 1.29 is 23.5 Å². The zero-order valence-corrected chi connectivity index (χ0v) is 25.9. The number of fused-ring (bicyclic) bond motifs is 3. The van der Waals surface area contributed by atoms with Crippen molar-refractivity contribution in [2.45, 2.75) is 89.2 Å². The molecule has 0 aromatic heterocycles. The molecule has 2 unspecified atom stereocenters. The van der Waals surface area contributed by atoms with E-state index in [1.54, 1.807) is 26.8 Å². The molecule has 4 fully saturated rings. The lowest BCUT2D eigenvalue weighted by Crippen LogP contribution is -2.57. The summed E-state index contributed by atoms with van der Waals surface area (Å²) in [5.74, 6) is -1.10. The van der Waals surface area contributed by atoms with E-state index in [0.717, 1.165) is 57.5 Å². The van der Waals surface area contributed by atoms with Crippen LogP contribution in [0.1, 0.15) is 57.6 Å². The Morgan fingerprint density at radius 3 is 2.52 bits per heavy atom. The summed E-state index contributed by atoms with van der Waals surface area (Å²) in [4.78, 5) is 45.3. The van der Waals surface area contributed by atoms with Gasteiger partial charge in [-0.05, 0) is 81.5 Å². The Hall–Kier alpha value is -3.66. The summed E-state index contributed by atoms with van der Waals surface area (Å²) < 4.78 is 21.1. The fourth-order valence-corrected chi connectivity index (χ4v) is 7.82. The zero-order chi connectivity index (χ0) is 31.2. The lowest BCUT2D eigenvalue weighted by molar-refractivity contribution is -0.132. The summed E-state index contributed by atoms with van der Waals surface area (Å²) in [6, 6.07) is 14.0. The van der Waals surface area contributed by atoms with Gasteiger partial charge in [0.2, 0.25) is 11.8 Å². The molecule has 3 N–H and O–H groups in total. The number of carbonyl (C=O) groups excluding carboxylic acids is 3. The zero-order valence-electron chi connectivity index (χ0n) is 25.9. The van der Waals surface area contributed by atoms with Crippen molar-refractivity contribution in [2.24, 2.45) is 17.6 Å². The predicted octanol–water partition coefficient (Wildman–Crippen LogP) is 3.84. The van der Waals surface area contributed by atoms with Crippen molar-refractivity contribution in [3.8, 4) is 0 Å². The number of ether oxygens (including phenoxy) is 1. The number of piperidine rings is 1. The van der Waals surface area contributed by atoms with E-state index in [1.165, 1.54) is 16.5 Å². The van der Waals surface area contributed by atoms with Crippen LogP contribution in [0.15, 0.2) is 48.5 Å². The van der Waals surface area contributed by atoms with E-state index >= 15 is 4.39 Å². The SMILES string of the molecule is CC(C)(C)OC(=O)N1[C@@H]2CC[C@@H](C2)[C@H]1C(=O)N[C@@H](Cc1ccc(N2CCC3CN(Cc4ccccc4)CC32)cc1F)C(N)=O. The maximum absolute atomic E-state index is 15.6. The van der Waals surface area contributed by atoms with Crippen LogP contribution in [0.4, 0.5) is 14.9 Å². The van der Waals surface area contributed by atoms with Crippen LogP contribution < -0.4 is 16.0 Å². The second-order valence-corrected chi connectivity index (χ2v) is 14.0. The minimum absolute atomic E-state index is 0.0134. The van der Waals surface area contributed by atoms with Gasteiger partial charge >= 0.3 is 6.09 Å². The van der Waals surface area contributed by atoms with Crippen molar-refractivity contribution in [3.05, 3.63) is 65.5 Å². The molecular weight excluding hydrogens is 561 g/mol. The average molecular weight is 606 g/mol. The minimum Gasteiger partial charge on any atom is -0.444 e. The Morgan fingerprint density at radius 1 is 1.05 bits per heavy atom. The van der Waals surface area contributed by atoms with Crippen molar-refractivity contribution in [1.29, 1.82) is 0 Å². The number of halogens is 1. The molecular formula is C34H44FN5O4. The Kier molecular flexibility index (Phi) is 8.30. The molecule has 1 aliphatic carbocycles. The van der Waals surface area contributed by atoms with E-state index in [2.05, 4.69) is 39.4 Å². The van der Waals surface area contributed by atoms with E-state index in [-0.39, 0.29) is 18.4 Å². The van der Waals surface area contributed by atoms with Gasteiger partial charge in [0.05, 0.1) is 0 Å². The van der Waals surface area contributed by atoms with Gasteiger partial charge in [0, 0.05) is 50.4 Å². The van der Waals surface area contributed by atoms with E-state index in [0.29, 0.717) is 17.5 Å². The first-order valence-electron chi connectivity index (χ1n) is 15.9. The van der Waals surface area contributed by atoms with E-state index < -0.39 is 41.4 Å². The van der Waals surface area contributed by atoms with Crippen LogP contribution in [-0.2, 0) is 27.3 Å². The molecule has 2 bridgehead atoms. The molecule has 236 valence electrons. The molecule has 0 spiro atoms. The molecule has 2 aromatic carbocycles. The highest BCUT2D eigenvalue weighted by Gasteiger charge is 2.53. The van der Waals surface area contributed by atoms with E-state index in [4.69, 9.17) is 10.5 Å². The monoisotopic (exact) mass is 605 g/mol. The van der Waals surface area contributed by atoms with Crippen molar-refractivity contribution >= 4 is 23.6 Å². The van der Waals surface area contributed by atoms with Crippen molar-refractivity contribution in [3.63, 3.8) is 0 Å². The van der Waals surface area contributed by atoms with E-state index in [1.807, 2.05) is 12.1 Å². The fourth-order valence-electron chi connectivity index (χ4n) is 7.82. The van der Waals surface area contributed by atoms with Crippen LogP contribution in [0.3, 0.4) is 0 Å². The first-order valence-corrected chi connectivity index (χ1v) is 15.9. The average Bonchev–Trinajstić information content (AvgIpc) is 3.74. The van der Waals surface area contributed by atoms with Gasteiger partial charge in [-0.3, -0.25) is 19.4 Å². The van der Waals surface area contributed by atoms with Gasteiger partial charge in [-0.25, -0.2) is 9.18 Å². The number of rotatable bonds is 8. The number of likely N-dealkylation sites (tertiary alicyclic amines) is 2. The predicted molar refractivity (Wildman–Crippen MR) is 165 cm³/mol. The lowest BCUT2D eigenvalue weighted by Gasteiger charge is -2.36. The molecule has 3 heterocycles. The second kappa shape index (κ2) is 12.0. The first kappa shape index (κ1) is 30.4. The summed E-state index contributed by atoms with van der Waals surface area (Å²) in [5, 5.41) is 2.75. The Morgan fingerprint density at radius 2 is 1.82 bits per heavy atom. The number of hydrogen-bond acceptors (Lipinski definition) is 6. The normalized spacial score (nSPS) is 27.0. The number of anilines is 1. The molecule has 1 saturated carbocycles. The van der Waals surface area contributed by atoms with Crippen molar-refractivity contribution in [1.82, 2.24) is 15.1 Å². The standard InChI is InChI=1S/C34H44FN5O4/c1-34(2,3)44-33(43)40-26-12-10-23(15-26)30(40)32(42)37-28(31(36)41)16-22-9-11-25(17-27(22)35)39-14-13-24-19-38(20-29(24)39)18-21-7-5-4-6-8-21/h4-9,11,17,23-24,26,28-30H,10,12-16,18-20H2,1-3H3,(H2,36,41)(H,37,42)/t23-,24?,26+,28-,29?,30-/m0/s1. The van der Waals surface area contributed by atoms with Gasteiger partial charge in [0.1, 0.15) is 23.5 Å². The van der Waals surface area contributed by atoms with Gasteiger partial charge in [0.15, 0.2) is 0 Å². The first-order chi connectivity index (χ1) is 21.0. The third-order valence-corrected chi connectivity index (χ3v) is 9.78. The number of primary amides is 1. The number of nitrogens with zero attached hydrogens (tertiary/aromatic N) is 3. The van der Waals surface area contributed by atoms with Crippen LogP contribution in [0, 0.1) is 17.7 Å². The van der Waals surface area contributed by atoms with Gasteiger partial charge in [-0.1, -0.05) is 36.4 Å². The third kappa shape index (κ3) is 6.27. The number of benzene rings is 2. The summed E-state index contributed by atoms with van der Waals surface area (Å²) in [5.41, 5.74) is 7.43. The molecule has 0 radical (unpaired) electrons. The number of nitrogens with one attached hydrogen (secondary N) is 1. The highest BCUT2D eigenvalue weighted by molar-refractivity contribution is 5.91. The van der Waals surface area contributed by atoms with Gasteiger partial charge in [0.25, 0.3) is 0 Å². The summed E-state index contributed by atoms with van der Waals surface area (Å²) in [6.07, 6.45) is 2.82. The molecule has 44 heavy (non-hydrogen) atoms. The molecule has 3 amide bonds. The molecule has 6 atom stereocenters. The molecule has 3 saturated heterocycles. The van der Waals surface area contributed by atoms with Crippen LogP contribution >= 0.6 is 0 Å². The Balaban J connectivity index is 1.10. The number of nitrogens with two attached hydrogens (primary N) is 1.